The lowest BCUT2D eigenvalue weighted by molar-refractivity contribution is 0.589. The molecule has 1 nitrogen and oxygen atoms in total. The lowest BCUT2D eigenvalue weighted by atomic mass is 10.1. The fourth-order valence-corrected chi connectivity index (χ4v) is 2.85. The maximum absolute atomic E-state index is 3.47. The van der Waals surface area contributed by atoms with Gasteiger partial charge in [0.2, 0.25) is 0 Å². The van der Waals surface area contributed by atoms with Crippen molar-refractivity contribution in [1.29, 1.82) is 0 Å². The molecule has 0 saturated heterocycles. The van der Waals surface area contributed by atoms with Gasteiger partial charge in [-0.1, -0.05) is 45.9 Å². The highest BCUT2D eigenvalue weighted by molar-refractivity contribution is 8.00. The molecule has 0 fully saturated rings. The van der Waals surface area contributed by atoms with Crippen molar-refractivity contribution in [3.8, 4) is 0 Å². The van der Waals surface area contributed by atoms with Crippen LogP contribution in [0.4, 0.5) is 0 Å². The van der Waals surface area contributed by atoms with Crippen LogP contribution >= 0.6 is 11.8 Å². The smallest absolute Gasteiger partial charge is 0.0302 e. The van der Waals surface area contributed by atoms with Crippen LogP contribution in [-0.2, 0) is 0 Å². The van der Waals surface area contributed by atoms with Gasteiger partial charge in [-0.2, -0.15) is 0 Å². The standard InChI is InChI=1S/C14H23NS/c1-6-15-11(2)12-9-7-8-10-13(12)16-14(3,4)5/h7-11,15H,6H2,1-5H3. The molecule has 0 saturated carbocycles. The summed E-state index contributed by atoms with van der Waals surface area (Å²) in [6, 6.07) is 9.11. The van der Waals surface area contributed by atoms with E-state index in [1.165, 1.54) is 10.5 Å². The van der Waals surface area contributed by atoms with E-state index in [-0.39, 0.29) is 4.75 Å². The fourth-order valence-electron chi connectivity index (χ4n) is 1.68. The second kappa shape index (κ2) is 5.74. The van der Waals surface area contributed by atoms with Crippen LogP contribution in [0.15, 0.2) is 29.2 Å². The van der Waals surface area contributed by atoms with Gasteiger partial charge in [-0.25, -0.2) is 0 Å². The molecule has 1 aromatic carbocycles. The SMILES string of the molecule is CCNC(C)c1ccccc1SC(C)(C)C. The van der Waals surface area contributed by atoms with Crippen molar-refractivity contribution in [2.45, 2.75) is 50.3 Å². The van der Waals surface area contributed by atoms with Gasteiger partial charge in [0, 0.05) is 15.7 Å². The first kappa shape index (κ1) is 13.6. The number of rotatable bonds is 4. The van der Waals surface area contributed by atoms with Crippen molar-refractivity contribution >= 4 is 11.8 Å². The molecule has 0 amide bonds. The zero-order chi connectivity index (χ0) is 12.2. The average molecular weight is 237 g/mol. The highest BCUT2D eigenvalue weighted by Gasteiger charge is 2.16. The molecular weight excluding hydrogens is 214 g/mol. The minimum absolute atomic E-state index is 0.266. The van der Waals surface area contributed by atoms with Crippen LogP contribution in [-0.4, -0.2) is 11.3 Å². The van der Waals surface area contributed by atoms with Crippen LogP contribution in [0.25, 0.3) is 0 Å². The minimum atomic E-state index is 0.266. The number of hydrogen-bond donors (Lipinski definition) is 1. The van der Waals surface area contributed by atoms with E-state index >= 15 is 0 Å². The van der Waals surface area contributed by atoms with Gasteiger partial charge in [0.15, 0.2) is 0 Å². The van der Waals surface area contributed by atoms with Gasteiger partial charge < -0.3 is 5.32 Å². The molecular formula is C14H23NS. The molecule has 90 valence electrons. The first-order chi connectivity index (χ1) is 7.44. The molecule has 1 aromatic rings. The molecule has 16 heavy (non-hydrogen) atoms. The molecule has 1 rings (SSSR count). The van der Waals surface area contributed by atoms with E-state index in [0.29, 0.717) is 6.04 Å². The third kappa shape index (κ3) is 4.18. The summed E-state index contributed by atoms with van der Waals surface area (Å²) in [5.41, 5.74) is 1.41. The summed E-state index contributed by atoms with van der Waals surface area (Å²) >= 11 is 1.94. The Morgan fingerprint density at radius 1 is 1.25 bits per heavy atom. The highest BCUT2D eigenvalue weighted by Crippen LogP contribution is 2.36. The molecule has 1 atom stereocenters. The molecule has 2 heteroatoms. The molecule has 0 aliphatic heterocycles. The molecule has 0 heterocycles. The summed E-state index contributed by atoms with van der Waals surface area (Å²) in [5, 5.41) is 3.47. The fraction of sp³-hybridized carbons (Fsp3) is 0.571. The monoisotopic (exact) mass is 237 g/mol. The Labute approximate surface area is 104 Å². The maximum Gasteiger partial charge on any atom is 0.0302 e. The second-order valence-electron chi connectivity index (χ2n) is 5.03. The first-order valence-corrected chi connectivity index (χ1v) is 6.77. The Morgan fingerprint density at radius 3 is 2.44 bits per heavy atom. The number of benzene rings is 1. The van der Waals surface area contributed by atoms with Crippen molar-refractivity contribution in [2.24, 2.45) is 0 Å². The van der Waals surface area contributed by atoms with Gasteiger partial charge in [0.05, 0.1) is 0 Å². The van der Waals surface area contributed by atoms with Crippen LogP contribution in [0.1, 0.15) is 46.2 Å². The lowest BCUT2D eigenvalue weighted by Gasteiger charge is -2.22. The molecule has 1 unspecified atom stereocenters. The van der Waals surface area contributed by atoms with Crippen LogP contribution < -0.4 is 5.32 Å². The van der Waals surface area contributed by atoms with E-state index in [1.54, 1.807) is 0 Å². The molecule has 0 aliphatic carbocycles. The quantitative estimate of drug-likeness (QED) is 0.786. The van der Waals surface area contributed by atoms with Gasteiger partial charge >= 0.3 is 0 Å². The van der Waals surface area contributed by atoms with E-state index in [9.17, 15) is 0 Å². The van der Waals surface area contributed by atoms with E-state index in [4.69, 9.17) is 0 Å². The largest absolute Gasteiger partial charge is 0.310 e. The first-order valence-electron chi connectivity index (χ1n) is 5.95. The highest BCUT2D eigenvalue weighted by atomic mass is 32.2. The lowest BCUT2D eigenvalue weighted by Crippen LogP contribution is -2.19. The predicted octanol–water partition coefficient (Wildman–Crippen LogP) is 4.25. The van der Waals surface area contributed by atoms with Crippen molar-refractivity contribution in [3.63, 3.8) is 0 Å². The van der Waals surface area contributed by atoms with Crippen LogP contribution in [0.2, 0.25) is 0 Å². The molecule has 0 bridgehead atoms. The average Bonchev–Trinajstić information content (AvgIpc) is 2.16. The zero-order valence-electron chi connectivity index (χ0n) is 11.0. The van der Waals surface area contributed by atoms with Crippen LogP contribution in [0, 0.1) is 0 Å². The summed E-state index contributed by atoms with van der Waals surface area (Å²) in [7, 11) is 0. The summed E-state index contributed by atoms with van der Waals surface area (Å²) in [6.07, 6.45) is 0. The van der Waals surface area contributed by atoms with Crippen LogP contribution in [0.5, 0.6) is 0 Å². The van der Waals surface area contributed by atoms with Gasteiger partial charge in [-0.3, -0.25) is 0 Å². The normalized spacial score (nSPS) is 13.8. The van der Waals surface area contributed by atoms with E-state index in [1.807, 2.05) is 11.8 Å². The van der Waals surface area contributed by atoms with Gasteiger partial charge in [-0.15, -0.1) is 11.8 Å². The number of thioether (sulfide) groups is 1. The summed E-state index contributed by atoms with van der Waals surface area (Å²) in [5.74, 6) is 0. The molecule has 0 aromatic heterocycles. The number of hydrogen-bond acceptors (Lipinski definition) is 2. The van der Waals surface area contributed by atoms with Crippen molar-refractivity contribution in [2.75, 3.05) is 6.54 Å². The Kier molecular flexibility index (Phi) is 4.88. The molecule has 0 aliphatic rings. The maximum atomic E-state index is 3.47. The third-order valence-corrected chi connectivity index (χ3v) is 3.52. The van der Waals surface area contributed by atoms with Crippen molar-refractivity contribution in [1.82, 2.24) is 5.32 Å². The predicted molar refractivity (Wildman–Crippen MR) is 74.1 cm³/mol. The Balaban J connectivity index is 2.91. The summed E-state index contributed by atoms with van der Waals surface area (Å²) < 4.78 is 0.266. The Morgan fingerprint density at radius 2 is 1.88 bits per heavy atom. The minimum Gasteiger partial charge on any atom is -0.310 e. The van der Waals surface area contributed by atoms with E-state index in [2.05, 4.69) is 64.2 Å². The van der Waals surface area contributed by atoms with E-state index < -0.39 is 0 Å². The van der Waals surface area contributed by atoms with Gasteiger partial charge in [0.1, 0.15) is 0 Å². The van der Waals surface area contributed by atoms with Gasteiger partial charge in [0.25, 0.3) is 0 Å². The molecule has 0 spiro atoms. The van der Waals surface area contributed by atoms with Crippen LogP contribution in [0.3, 0.4) is 0 Å². The molecule has 0 radical (unpaired) electrons. The number of nitrogens with one attached hydrogen (secondary N) is 1. The zero-order valence-corrected chi connectivity index (χ0v) is 11.8. The topological polar surface area (TPSA) is 12.0 Å². The summed E-state index contributed by atoms with van der Waals surface area (Å²) in [6.45, 7) is 12.2. The third-order valence-electron chi connectivity index (χ3n) is 2.31. The van der Waals surface area contributed by atoms with Gasteiger partial charge in [-0.05, 0) is 25.1 Å². The van der Waals surface area contributed by atoms with Crippen molar-refractivity contribution in [3.05, 3.63) is 29.8 Å². The summed E-state index contributed by atoms with van der Waals surface area (Å²) in [4.78, 5) is 1.39. The van der Waals surface area contributed by atoms with E-state index in [0.717, 1.165) is 6.54 Å². The van der Waals surface area contributed by atoms with Crippen molar-refractivity contribution < 1.29 is 0 Å². The Hall–Kier alpha value is -0.470. The molecule has 1 N–H and O–H groups in total. The Bertz CT molecular complexity index is 328. The second-order valence-corrected chi connectivity index (χ2v) is 6.90.